The van der Waals surface area contributed by atoms with E-state index < -0.39 is 0 Å². The molecule has 0 unspecified atom stereocenters. The fourth-order valence-corrected chi connectivity index (χ4v) is 1.98. The van der Waals surface area contributed by atoms with Crippen molar-refractivity contribution in [2.75, 3.05) is 6.54 Å². The minimum absolute atomic E-state index is 0.194. The number of benzene rings is 1. The van der Waals surface area contributed by atoms with Crippen molar-refractivity contribution in [3.63, 3.8) is 0 Å². The van der Waals surface area contributed by atoms with Gasteiger partial charge in [-0.15, -0.1) is 0 Å². The monoisotopic (exact) mass is 252 g/mol. The lowest BCUT2D eigenvalue weighted by Gasteiger charge is -2.28. The molecule has 1 aromatic carbocycles. The standard InChI is InChI=1S/C10H9BrN2O/c11-8-4-6(5-12)3-7(10(8)14)9-1-2-13-9/h3-4,9,13-14H,1-2H2/t9-/m1/s1. The summed E-state index contributed by atoms with van der Waals surface area (Å²) in [6.45, 7) is 0.971. The summed E-state index contributed by atoms with van der Waals surface area (Å²) in [7, 11) is 0. The molecule has 72 valence electrons. The van der Waals surface area contributed by atoms with E-state index in [1.807, 2.05) is 0 Å². The summed E-state index contributed by atoms with van der Waals surface area (Å²) in [4.78, 5) is 0. The van der Waals surface area contributed by atoms with Crippen LogP contribution in [0, 0.1) is 11.3 Å². The molecule has 0 saturated carbocycles. The summed E-state index contributed by atoms with van der Waals surface area (Å²) < 4.78 is 0.584. The second-order valence-electron chi connectivity index (χ2n) is 3.30. The van der Waals surface area contributed by atoms with Crippen LogP contribution in [0.2, 0.25) is 0 Å². The first-order valence-electron chi connectivity index (χ1n) is 4.38. The molecule has 0 spiro atoms. The molecule has 14 heavy (non-hydrogen) atoms. The Hall–Kier alpha value is -1.05. The topological polar surface area (TPSA) is 56.0 Å². The second kappa shape index (κ2) is 3.60. The Balaban J connectivity index is 2.47. The summed E-state index contributed by atoms with van der Waals surface area (Å²) in [6.07, 6.45) is 1.01. The average molecular weight is 253 g/mol. The van der Waals surface area contributed by atoms with E-state index in [9.17, 15) is 5.11 Å². The number of nitriles is 1. The zero-order chi connectivity index (χ0) is 10.1. The lowest BCUT2D eigenvalue weighted by atomic mass is 9.96. The van der Waals surface area contributed by atoms with E-state index in [1.165, 1.54) is 0 Å². The maximum Gasteiger partial charge on any atom is 0.134 e. The highest BCUT2D eigenvalue weighted by Gasteiger charge is 2.23. The number of phenols is 1. The zero-order valence-electron chi connectivity index (χ0n) is 7.42. The van der Waals surface area contributed by atoms with Crippen LogP contribution in [0.1, 0.15) is 23.6 Å². The quantitative estimate of drug-likeness (QED) is 0.805. The summed E-state index contributed by atoms with van der Waals surface area (Å²) >= 11 is 3.23. The number of hydrogen-bond donors (Lipinski definition) is 2. The van der Waals surface area contributed by atoms with Crippen molar-refractivity contribution in [1.29, 1.82) is 5.26 Å². The third-order valence-corrected chi connectivity index (χ3v) is 3.03. The van der Waals surface area contributed by atoms with Gasteiger partial charge in [-0.25, -0.2) is 0 Å². The normalized spacial score (nSPS) is 19.9. The lowest BCUT2D eigenvalue weighted by Crippen LogP contribution is -2.35. The molecule has 0 amide bonds. The molecule has 1 heterocycles. The van der Waals surface area contributed by atoms with Gasteiger partial charge in [0.1, 0.15) is 5.75 Å². The molecule has 3 nitrogen and oxygen atoms in total. The molecule has 0 radical (unpaired) electrons. The Kier molecular flexibility index (Phi) is 2.44. The van der Waals surface area contributed by atoms with E-state index in [-0.39, 0.29) is 11.8 Å². The predicted molar refractivity (Wildman–Crippen MR) is 55.9 cm³/mol. The van der Waals surface area contributed by atoms with Gasteiger partial charge >= 0.3 is 0 Å². The highest BCUT2D eigenvalue weighted by Crippen LogP contribution is 2.36. The number of phenolic OH excluding ortho intramolecular Hbond substituents is 1. The molecule has 1 aliphatic rings. The van der Waals surface area contributed by atoms with Gasteiger partial charge in [-0.3, -0.25) is 0 Å². The molecule has 2 rings (SSSR count). The Morgan fingerprint density at radius 1 is 1.57 bits per heavy atom. The molecule has 1 saturated heterocycles. The number of halogens is 1. The Labute approximate surface area is 90.5 Å². The van der Waals surface area contributed by atoms with E-state index in [0.717, 1.165) is 18.5 Å². The molecule has 1 atom stereocenters. The Bertz CT molecular complexity index is 407. The number of nitrogens with zero attached hydrogens (tertiary/aromatic N) is 1. The van der Waals surface area contributed by atoms with Gasteiger partial charge in [-0.2, -0.15) is 5.26 Å². The van der Waals surface area contributed by atoms with Crippen molar-refractivity contribution >= 4 is 15.9 Å². The van der Waals surface area contributed by atoms with E-state index in [0.29, 0.717) is 10.0 Å². The van der Waals surface area contributed by atoms with Crippen LogP contribution in [0.5, 0.6) is 5.75 Å². The molecule has 0 bridgehead atoms. The van der Waals surface area contributed by atoms with Crippen LogP contribution in [-0.2, 0) is 0 Å². The molecule has 2 N–H and O–H groups in total. The maximum atomic E-state index is 9.76. The minimum Gasteiger partial charge on any atom is -0.506 e. The lowest BCUT2D eigenvalue weighted by molar-refractivity contribution is 0.363. The van der Waals surface area contributed by atoms with Crippen molar-refractivity contribution in [3.8, 4) is 11.8 Å². The summed E-state index contributed by atoms with van der Waals surface area (Å²) in [5.41, 5.74) is 1.38. The van der Waals surface area contributed by atoms with Gasteiger partial charge in [-0.1, -0.05) is 0 Å². The van der Waals surface area contributed by atoms with Crippen LogP contribution >= 0.6 is 15.9 Å². The first-order valence-corrected chi connectivity index (χ1v) is 5.17. The first-order chi connectivity index (χ1) is 6.72. The molecule has 1 fully saturated rings. The average Bonchev–Trinajstić information content (AvgIpc) is 2.09. The van der Waals surface area contributed by atoms with Gasteiger partial charge in [0.2, 0.25) is 0 Å². The Morgan fingerprint density at radius 2 is 2.29 bits per heavy atom. The molecule has 4 heteroatoms. The van der Waals surface area contributed by atoms with Crippen molar-refractivity contribution < 1.29 is 5.11 Å². The van der Waals surface area contributed by atoms with Gasteiger partial charge in [0.05, 0.1) is 16.1 Å². The van der Waals surface area contributed by atoms with Crippen LogP contribution in [0.25, 0.3) is 0 Å². The van der Waals surface area contributed by atoms with Crippen LogP contribution in [0.15, 0.2) is 16.6 Å². The first kappa shape index (κ1) is 9.50. The molecular formula is C10H9BrN2O. The van der Waals surface area contributed by atoms with Crippen molar-refractivity contribution in [1.82, 2.24) is 5.32 Å². The number of aromatic hydroxyl groups is 1. The largest absolute Gasteiger partial charge is 0.506 e. The number of hydrogen-bond acceptors (Lipinski definition) is 3. The third kappa shape index (κ3) is 1.49. The summed E-state index contributed by atoms with van der Waals surface area (Å²) in [5, 5.41) is 21.7. The molecule has 1 aromatic rings. The second-order valence-corrected chi connectivity index (χ2v) is 4.16. The van der Waals surface area contributed by atoms with E-state index in [2.05, 4.69) is 27.3 Å². The zero-order valence-corrected chi connectivity index (χ0v) is 9.00. The highest BCUT2D eigenvalue weighted by atomic mass is 79.9. The van der Waals surface area contributed by atoms with E-state index >= 15 is 0 Å². The van der Waals surface area contributed by atoms with Crippen LogP contribution in [0.3, 0.4) is 0 Å². The molecule has 0 aromatic heterocycles. The van der Waals surface area contributed by atoms with Crippen molar-refractivity contribution in [3.05, 3.63) is 27.7 Å². The molecule has 1 aliphatic heterocycles. The minimum atomic E-state index is 0.194. The smallest absolute Gasteiger partial charge is 0.134 e. The third-order valence-electron chi connectivity index (χ3n) is 2.42. The fraction of sp³-hybridized carbons (Fsp3) is 0.300. The van der Waals surface area contributed by atoms with Gasteiger partial charge in [-0.05, 0) is 41.0 Å². The van der Waals surface area contributed by atoms with Crippen molar-refractivity contribution in [2.45, 2.75) is 12.5 Å². The van der Waals surface area contributed by atoms with Gasteiger partial charge in [0.25, 0.3) is 0 Å². The van der Waals surface area contributed by atoms with Gasteiger partial charge in [0, 0.05) is 11.6 Å². The summed E-state index contributed by atoms with van der Waals surface area (Å²) in [5.74, 6) is 0.237. The van der Waals surface area contributed by atoms with Crippen molar-refractivity contribution in [2.24, 2.45) is 0 Å². The highest BCUT2D eigenvalue weighted by molar-refractivity contribution is 9.10. The Morgan fingerprint density at radius 3 is 2.79 bits per heavy atom. The summed E-state index contributed by atoms with van der Waals surface area (Å²) in [6, 6.07) is 5.62. The molecule has 0 aliphatic carbocycles. The van der Waals surface area contributed by atoms with Gasteiger partial charge < -0.3 is 10.4 Å². The van der Waals surface area contributed by atoms with Crippen LogP contribution < -0.4 is 5.32 Å². The maximum absolute atomic E-state index is 9.76. The molecular weight excluding hydrogens is 244 g/mol. The van der Waals surface area contributed by atoms with E-state index in [4.69, 9.17) is 5.26 Å². The SMILES string of the molecule is N#Cc1cc(Br)c(O)c([C@H]2CCN2)c1. The number of nitrogens with one attached hydrogen (secondary N) is 1. The number of rotatable bonds is 1. The predicted octanol–water partition coefficient (Wildman–Crippen LogP) is 2.06. The van der Waals surface area contributed by atoms with Gasteiger partial charge in [0.15, 0.2) is 0 Å². The fourth-order valence-electron chi connectivity index (χ4n) is 1.50. The van der Waals surface area contributed by atoms with E-state index in [1.54, 1.807) is 12.1 Å². The van der Waals surface area contributed by atoms with Crippen LogP contribution in [-0.4, -0.2) is 11.7 Å². The van der Waals surface area contributed by atoms with Crippen LogP contribution in [0.4, 0.5) is 0 Å².